The lowest BCUT2D eigenvalue weighted by molar-refractivity contribution is -0.0454. The minimum atomic E-state index is 0.564. The van der Waals surface area contributed by atoms with Gasteiger partial charge < -0.3 is 10.1 Å². The summed E-state index contributed by atoms with van der Waals surface area (Å²) in [5.74, 6) is 1.66. The standard InChI is InChI=1S/C14H29NO/c1-4-6-7-12(5-2)11-16-14-8-13(9-14)10-15-3/h12-15H,4-11H2,1-3H3. The molecule has 2 nitrogen and oxygen atoms in total. The van der Waals surface area contributed by atoms with Gasteiger partial charge in [-0.25, -0.2) is 0 Å². The van der Waals surface area contributed by atoms with Gasteiger partial charge in [0, 0.05) is 6.61 Å². The second kappa shape index (κ2) is 8.08. The molecule has 0 spiro atoms. The highest BCUT2D eigenvalue weighted by atomic mass is 16.5. The van der Waals surface area contributed by atoms with E-state index in [4.69, 9.17) is 4.74 Å². The van der Waals surface area contributed by atoms with Crippen LogP contribution in [0.25, 0.3) is 0 Å². The van der Waals surface area contributed by atoms with E-state index in [0.29, 0.717) is 6.10 Å². The normalized spacial score (nSPS) is 26.4. The fourth-order valence-corrected chi connectivity index (χ4v) is 2.44. The lowest BCUT2D eigenvalue weighted by atomic mass is 9.82. The van der Waals surface area contributed by atoms with Crippen molar-refractivity contribution in [3.05, 3.63) is 0 Å². The van der Waals surface area contributed by atoms with Crippen LogP contribution in [0.15, 0.2) is 0 Å². The number of nitrogens with one attached hydrogen (secondary N) is 1. The van der Waals surface area contributed by atoms with E-state index in [1.54, 1.807) is 0 Å². The minimum Gasteiger partial charge on any atom is -0.378 e. The van der Waals surface area contributed by atoms with E-state index < -0.39 is 0 Å². The van der Waals surface area contributed by atoms with E-state index >= 15 is 0 Å². The fourth-order valence-electron chi connectivity index (χ4n) is 2.44. The van der Waals surface area contributed by atoms with Crippen LogP contribution in [0.5, 0.6) is 0 Å². The molecule has 0 aromatic heterocycles. The molecule has 1 saturated carbocycles. The van der Waals surface area contributed by atoms with Crippen molar-refractivity contribution in [2.24, 2.45) is 11.8 Å². The maximum atomic E-state index is 5.98. The molecular formula is C14H29NO. The van der Waals surface area contributed by atoms with E-state index in [1.165, 1.54) is 38.5 Å². The summed E-state index contributed by atoms with van der Waals surface area (Å²) >= 11 is 0. The van der Waals surface area contributed by atoms with Gasteiger partial charge in [-0.2, -0.15) is 0 Å². The summed E-state index contributed by atoms with van der Waals surface area (Å²) in [4.78, 5) is 0. The topological polar surface area (TPSA) is 21.3 Å². The minimum absolute atomic E-state index is 0.564. The first kappa shape index (κ1) is 14.0. The second-order valence-corrected chi connectivity index (χ2v) is 5.27. The number of rotatable bonds is 9. The van der Waals surface area contributed by atoms with Crippen LogP contribution in [-0.2, 0) is 4.74 Å². The van der Waals surface area contributed by atoms with Crippen LogP contribution in [0.2, 0.25) is 0 Å². The van der Waals surface area contributed by atoms with E-state index in [2.05, 4.69) is 19.2 Å². The summed E-state index contributed by atoms with van der Waals surface area (Å²) in [5.41, 5.74) is 0. The third-order valence-electron chi connectivity index (χ3n) is 3.80. The Morgan fingerprint density at radius 1 is 1.31 bits per heavy atom. The predicted molar refractivity (Wildman–Crippen MR) is 69.7 cm³/mol. The molecule has 0 radical (unpaired) electrons. The van der Waals surface area contributed by atoms with Crippen LogP contribution in [0.1, 0.15) is 52.4 Å². The van der Waals surface area contributed by atoms with Crippen molar-refractivity contribution in [2.45, 2.75) is 58.5 Å². The Morgan fingerprint density at radius 3 is 2.62 bits per heavy atom. The maximum Gasteiger partial charge on any atom is 0.0581 e. The Bertz CT molecular complexity index is 166. The average Bonchev–Trinajstić information content (AvgIpc) is 2.25. The van der Waals surface area contributed by atoms with E-state index in [1.807, 2.05) is 7.05 Å². The van der Waals surface area contributed by atoms with Crippen LogP contribution < -0.4 is 5.32 Å². The van der Waals surface area contributed by atoms with Crippen molar-refractivity contribution in [1.82, 2.24) is 5.32 Å². The van der Waals surface area contributed by atoms with Gasteiger partial charge in [-0.05, 0) is 44.7 Å². The third-order valence-corrected chi connectivity index (χ3v) is 3.80. The molecule has 1 unspecified atom stereocenters. The first-order valence-corrected chi connectivity index (χ1v) is 7.06. The van der Waals surface area contributed by atoms with Crippen molar-refractivity contribution in [3.8, 4) is 0 Å². The Hall–Kier alpha value is -0.0800. The highest BCUT2D eigenvalue weighted by Crippen LogP contribution is 2.30. The molecule has 0 saturated heterocycles. The van der Waals surface area contributed by atoms with Crippen LogP contribution >= 0.6 is 0 Å². The monoisotopic (exact) mass is 227 g/mol. The van der Waals surface area contributed by atoms with Crippen LogP contribution in [0.3, 0.4) is 0 Å². The Morgan fingerprint density at radius 2 is 2.06 bits per heavy atom. The quantitative estimate of drug-likeness (QED) is 0.653. The molecule has 0 heterocycles. The molecule has 0 aliphatic heterocycles. The average molecular weight is 227 g/mol. The molecule has 1 rings (SSSR count). The highest BCUT2D eigenvalue weighted by molar-refractivity contribution is 4.81. The van der Waals surface area contributed by atoms with Crippen molar-refractivity contribution in [2.75, 3.05) is 20.2 Å². The first-order chi connectivity index (χ1) is 7.80. The molecule has 1 fully saturated rings. The Labute approximate surface area is 101 Å². The predicted octanol–water partition coefficient (Wildman–Crippen LogP) is 3.22. The summed E-state index contributed by atoms with van der Waals surface area (Å²) in [5, 5.41) is 3.24. The lowest BCUT2D eigenvalue weighted by Crippen LogP contribution is -2.37. The van der Waals surface area contributed by atoms with E-state index in [-0.39, 0.29) is 0 Å². The maximum absolute atomic E-state index is 5.98. The molecule has 16 heavy (non-hydrogen) atoms. The highest BCUT2D eigenvalue weighted by Gasteiger charge is 2.29. The molecule has 0 aromatic rings. The first-order valence-electron chi connectivity index (χ1n) is 7.06. The molecule has 0 bridgehead atoms. The summed E-state index contributed by atoms with van der Waals surface area (Å²) in [6, 6.07) is 0. The van der Waals surface area contributed by atoms with Gasteiger partial charge in [0.05, 0.1) is 6.10 Å². The molecule has 96 valence electrons. The SMILES string of the molecule is CCCCC(CC)COC1CC(CNC)C1. The van der Waals surface area contributed by atoms with Crippen molar-refractivity contribution < 1.29 is 4.74 Å². The largest absolute Gasteiger partial charge is 0.378 e. The van der Waals surface area contributed by atoms with Crippen LogP contribution in [-0.4, -0.2) is 26.3 Å². The molecule has 0 aromatic carbocycles. The van der Waals surface area contributed by atoms with Gasteiger partial charge in [0.15, 0.2) is 0 Å². The van der Waals surface area contributed by atoms with Crippen molar-refractivity contribution in [3.63, 3.8) is 0 Å². The zero-order valence-corrected chi connectivity index (χ0v) is 11.3. The van der Waals surface area contributed by atoms with Crippen molar-refractivity contribution >= 4 is 0 Å². The molecular weight excluding hydrogens is 198 g/mol. The van der Waals surface area contributed by atoms with Gasteiger partial charge in [-0.15, -0.1) is 0 Å². The number of ether oxygens (including phenoxy) is 1. The molecule has 2 heteroatoms. The zero-order valence-electron chi connectivity index (χ0n) is 11.3. The van der Waals surface area contributed by atoms with Gasteiger partial charge in [-0.1, -0.05) is 33.1 Å². The summed E-state index contributed by atoms with van der Waals surface area (Å²) in [7, 11) is 2.03. The molecule has 1 atom stereocenters. The molecule has 1 N–H and O–H groups in total. The van der Waals surface area contributed by atoms with Crippen molar-refractivity contribution in [1.29, 1.82) is 0 Å². The summed E-state index contributed by atoms with van der Waals surface area (Å²) < 4.78 is 5.98. The Kier molecular flexibility index (Phi) is 7.06. The van der Waals surface area contributed by atoms with Crippen LogP contribution in [0, 0.1) is 11.8 Å². The van der Waals surface area contributed by atoms with Crippen LogP contribution in [0.4, 0.5) is 0 Å². The number of unbranched alkanes of at least 4 members (excludes halogenated alkanes) is 1. The number of hydrogen-bond donors (Lipinski definition) is 1. The van der Waals surface area contributed by atoms with Gasteiger partial charge >= 0.3 is 0 Å². The number of hydrogen-bond acceptors (Lipinski definition) is 2. The van der Waals surface area contributed by atoms with E-state index in [0.717, 1.165) is 25.0 Å². The zero-order chi connectivity index (χ0) is 11.8. The van der Waals surface area contributed by atoms with Gasteiger partial charge in [0.1, 0.15) is 0 Å². The molecule has 1 aliphatic carbocycles. The van der Waals surface area contributed by atoms with E-state index in [9.17, 15) is 0 Å². The van der Waals surface area contributed by atoms with Gasteiger partial charge in [0.2, 0.25) is 0 Å². The molecule has 1 aliphatic rings. The van der Waals surface area contributed by atoms with Gasteiger partial charge in [0.25, 0.3) is 0 Å². The van der Waals surface area contributed by atoms with Gasteiger partial charge in [-0.3, -0.25) is 0 Å². The smallest absolute Gasteiger partial charge is 0.0581 e. The molecule has 0 amide bonds. The second-order valence-electron chi connectivity index (χ2n) is 5.27. The summed E-state index contributed by atoms with van der Waals surface area (Å²) in [6.07, 6.45) is 8.38. The lowest BCUT2D eigenvalue weighted by Gasteiger charge is -2.36. The Balaban J connectivity index is 2.01. The summed E-state index contributed by atoms with van der Waals surface area (Å²) in [6.45, 7) is 6.70. The fraction of sp³-hybridized carbons (Fsp3) is 1.00. The third kappa shape index (κ3) is 4.84.